The number of fused-ring (bicyclic) bond motifs is 1. The average molecular weight is 316 g/mol. The number of aliphatic hydroxyl groups excluding tert-OH is 1. The summed E-state index contributed by atoms with van der Waals surface area (Å²) >= 11 is 0. The van der Waals surface area contributed by atoms with Crippen LogP contribution >= 0.6 is 0 Å². The summed E-state index contributed by atoms with van der Waals surface area (Å²) in [5.74, 6) is -0.0276. The van der Waals surface area contributed by atoms with Crippen LogP contribution in [0.1, 0.15) is 38.7 Å². The number of anilines is 1. The lowest BCUT2D eigenvalue weighted by Gasteiger charge is -2.20. The molecule has 0 saturated heterocycles. The van der Waals surface area contributed by atoms with Crippen molar-refractivity contribution in [1.82, 2.24) is 5.32 Å². The molecule has 1 aromatic rings. The third-order valence-electron chi connectivity index (χ3n) is 5.16. The highest BCUT2D eigenvalue weighted by Gasteiger charge is 2.44. The second-order valence-electron chi connectivity index (χ2n) is 7.28. The number of carbonyl (C=O) groups excluding carboxylic acids is 2. The molecule has 1 fully saturated rings. The lowest BCUT2D eigenvalue weighted by Crippen LogP contribution is -2.39. The SMILES string of the molecule is CC1(C)C(=O)N(CCC(=O)NCC2(CO)CC2)c2ccccc21. The fourth-order valence-electron chi connectivity index (χ4n) is 3.18. The Morgan fingerprint density at radius 1 is 1.30 bits per heavy atom. The highest BCUT2D eigenvalue weighted by atomic mass is 16.3. The molecule has 1 heterocycles. The van der Waals surface area contributed by atoms with Crippen LogP contribution in [0, 0.1) is 5.41 Å². The molecular weight excluding hydrogens is 292 g/mol. The zero-order chi connectivity index (χ0) is 16.7. The molecule has 0 atom stereocenters. The highest BCUT2D eigenvalue weighted by molar-refractivity contribution is 6.07. The topological polar surface area (TPSA) is 69.6 Å². The third-order valence-corrected chi connectivity index (χ3v) is 5.16. The Hall–Kier alpha value is -1.88. The van der Waals surface area contributed by atoms with E-state index in [9.17, 15) is 14.7 Å². The summed E-state index contributed by atoms with van der Waals surface area (Å²) in [6.07, 6.45) is 2.21. The maximum Gasteiger partial charge on any atom is 0.237 e. The van der Waals surface area contributed by atoms with Gasteiger partial charge in [-0.2, -0.15) is 0 Å². The number of rotatable bonds is 6. The Morgan fingerprint density at radius 3 is 2.65 bits per heavy atom. The average Bonchev–Trinajstić information content (AvgIpc) is 3.30. The minimum absolute atomic E-state index is 0.0421. The molecule has 2 N–H and O–H groups in total. The normalized spacial score (nSPS) is 20.3. The van der Waals surface area contributed by atoms with Crippen LogP contribution in [0.15, 0.2) is 24.3 Å². The second-order valence-corrected chi connectivity index (χ2v) is 7.28. The molecule has 1 saturated carbocycles. The van der Waals surface area contributed by atoms with Crippen molar-refractivity contribution in [3.63, 3.8) is 0 Å². The predicted octanol–water partition coefficient (Wildman–Crippen LogP) is 1.59. The number of nitrogens with one attached hydrogen (secondary N) is 1. The number of para-hydroxylation sites is 1. The molecule has 1 aliphatic carbocycles. The Bertz CT molecular complexity index is 635. The van der Waals surface area contributed by atoms with Crippen LogP contribution in [-0.2, 0) is 15.0 Å². The van der Waals surface area contributed by atoms with Gasteiger partial charge in [-0.1, -0.05) is 18.2 Å². The van der Waals surface area contributed by atoms with Crippen molar-refractivity contribution in [1.29, 1.82) is 0 Å². The van der Waals surface area contributed by atoms with Gasteiger partial charge < -0.3 is 15.3 Å². The molecule has 124 valence electrons. The fraction of sp³-hybridized carbons (Fsp3) is 0.556. The molecule has 1 aromatic carbocycles. The van der Waals surface area contributed by atoms with Gasteiger partial charge in [0.25, 0.3) is 0 Å². The van der Waals surface area contributed by atoms with Gasteiger partial charge in [0.2, 0.25) is 11.8 Å². The van der Waals surface area contributed by atoms with E-state index in [1.165, 1.54) is 0 Å². The first kappa shape index (κ1) is 16.0. The Labute approximate surface area is 136 Å². The van der Waals surface area contributed by atoms with Gasteiger partial charge in [0.05, 0.1) is 12.0 Å². The maximum atomic E-state index is 12.6. The first-order chi connectivity index (χ1) is 10.9. The summed E-state index contributed by atoms with van der Waals surface area (Å²) < 4.78 is 0. The molecule has 0 aromatic heterocycles. The highest BCUT2D eigenvalue weighted by Crippen LogP contribution is 2.44. The number of aliphatic hydroxyl groups is 1. The molecule has 2 amide bonds. The predicted molar refractivity (Wildman–Crippen MR) is 88.2 cm³/mol. The van der Waals surface area contributed by atoms with Crippen molar-refractivity contribution >= 4 is 17.5 Å². The third kappa shape index (κ3) is 2.85. The van der Waals surface area contributed by atoms with E-state index in [1.807, 2.05) is 38.1 Å². The van der Waals surface area contributed by atoms with Crippen LogP contribution in [0.25, 0.3) is 0 Å². The molecule has 0 unspecified atom stereocenters. The molecule has 5 heteroatoms. The number of hydrogen-bond donors (Lipinski definition) is 2. The summed E-state index contributed by atoms with van der Waals surface area (Å²) in [6.45, 7) is 4.88. The Kier molecular flexibility index (Phi) is 3.92. The summed E-state index contributed by atoms with van der Waals surface area (Å²) in [5, 5.41) is 12.2. The zero-order valence-corrected chi connectivity index (χ0v) is 13.8. The smallest absolute Gasteiger partial charge is 0.237 e. The molecule has 2 aliphatic rings. The Balaban J connectivity index is 1.60. The van der Waals surface area contributed by atoms with Gasteiger partial charge in [0.15, 0.2) is 0 Å². The van der Waals surface area contributed by atoms with Gasteiger partial charge in [-0.15, -0.1) is 0 Å². The number of carbonyl (C=O) groups is 2. The number of amides is 2. The minimum atomic E-state index is -0.540. The van der Waals surface area contributed by atoms with Crippen molar-refractivity contribution < 1.29 is 14.7 Å². The largest absolute Gasteiger partial charge is 0.396 e. The fourth-order valence-corrected chi connectivity index (χ4v) is 3.18. The van der Waals surface area contributed by atoms with Crippen LogP contribution < -0.4 is 10.2 Å². The standard InChI is InChI=1S/C18H24N2O3/c1-17(2)13-5-3-4-6-14(13)20(16(17)23)10-7-15(22)19-11-18(12-21)8-9-18/h3-6,21H,7-12H2,1-2H3,(H,19,22). The molecule has 0 radical (unpaired) electrons. The van der Waals surface area contributed by atoms with Gasteiger partial charge in [0.1, 0.15) is 0 Å². The summed E-state index contributed by atoms with van der Waals surface area (Å²) in [6, 6.07) is 7.77. The van der Waals surface area contributed by atoms with Gasteiger partial charge >= 0.3 is 0 Å². The van der Waals surface area contributed by atoms with Gasteiger partial charge in [-0.25, -0.2) is 0 Å². The monoisotopic (exact) mass is 316 g/mol. The summed E-state index contributed by atoms with van der Waals surface area (Å²) in [4.78, 5) is 26.4. The van der Waals surface area contributed by atoms with Gasteiger partial charge in [0, 0.05) is 30.6 Å². The van der Waals surface area contributed by atoms with E-state index in [1.54, 1.807) is 4.90 Å². The maximum absolute atomic E-state index is 12.6. The van der Waals surface area contributed by atoms with Crippen molar-refractivity contribution in [3.05, 3.63) is 29.8 Å². The van der Waals surface area contributed by atoms with E-state index in [0.29, 0.717) is 13.1 Å². The quantitative estimate of drug-likeness (QED) is 0.837. The lowest BCUT2D eigenvalue weighted by molar-refractivity contribution is -0.122. The molecule has 0 bridgehead atoms. The van der Waals surface area contributed by atoms with Crippen LogP contribution in [0.4, 0.5) is 5.69 Å². The molecule has 1 aliphatic heterocycles. The Morgan fingerprint density at radius 2 is 2.00 bits per heavy atom. The van der Waals surface area contributed by atoms with E-state index in [4.69, 9.17) is 0 Å². The van der Waals surface area contributed by atoms with Crippen molar-refractivity contribution in [3.8, 4) is 0 Å². The molecule has 0 spiro atoms. The van der Waals surface area contributed by atoms with E-state index in [2.05, 4.69) is 5.32 Å². The van der Waals surface area contributed by atoms with Gasteiger partial charge in [-0.3, -0.25) is 9.59 Å². The first-order valence-electron chi connectivity index (χ1n) is 8.19. The van der Waals surface area contributed by atoms with Crippen LogP contribution in [0.2, 0.25) is 0 Å². The van der Waals surface area contributed by atoms with Crippen molar-refractivity contribution in [2.75, 3.05) is 24.6 Å². The second kappa shape index (κ2) is 5.64. The van der Waals surface area contributed by atoms with E-state index < -0.39 is 5.41 Å². The van der Waals surface area contributed by atoms with Crippen LogP contribution in [-0.4, -0.2) is 36.6 Å². The summed E-state index contributed by atoms with van der Waals surface area (Å²) in [5.41, 5.74) is 1.29. The van der Waals surface area contributed by atoms with E-state index >= 15 is 0 Å². The number of hydrogen-bond acceptors (Lipinski definition) is 3. The van der Waals surface area contributed by atoms with Crippen LogP contribution in [0.5, 0.6) is 0 Å². The summed E-state index contributed by atoms with van der Waals surface area (Å²) in [7, 11) is 0. The molecule has 23 heavy (non-hydrogen) atoms. The van der Waals surface area contributed by atoms with E-state index in [0.717, 1.165) is 24.1 Å². The van der Waals surface area contributed by atoms with Crippen molar-refractivity contribution in [2.45, 2.75) is 38.5 Å². The number of benzene rings is 1. The van der Waals surface area contributed by atoms with Gasteiger partial charge in [-0.05, 0) is 38.3 Å². The number of nitrogens with zero attached hydrogens (tertiary/aromatic N) is 1. The molecular formula is C18H24N2O3. The van der Waals surface area contributed by atoms with Crippen LogP contribution in [0.3, 0.4) is 0 Å². The molecule has 3 rings (SSSR count). The van der Waals surface area contributed by atoms with E-state index in [-0.39, 0.29) is 30.3 Å². The minimum Gasteiger partial charge on any atom is -0.396 e. The first-order valence-corrected chi connectivity index (χ1v) is 8.19. The van der Waals surface area contributed by atoms with Crippen molar-refractivity contribution in [2.24, 2.45) is 5.41 Å². The molecule has 5 nitrogen and oxygen atoms in total. The zero-order valence-electron chi connectivity index (χ0n) is 13.8. The lowest BCUT2D eigenvalue weighted by atomic mass is 9.86.